The third-order valence-corrected chi connectivity index (χ3v) is 6.08. The second kappa shape index (κ2) is 3.75. The van der Waals surface area contributed by atoms with Gasteiger partial charge in [0.1, 0.15) is 5.78 Å². The molecule has 0 aromatic carbocycles. The highest BCUT2D eigenvalue weighted by molar-refractivity contribution is 7.86. The molecule has 17 heavy (non-hydrogen) atoms. The van der Waals surface area contributed by atoms with Crippen LogP contribution in [0.15, 0.2) is 0 Å². The molecule has 2 rings (SSSR count). The fourth-order valence-electron chi connectivity index (χ4n) is 3.52. The van der Waals surface area contributed by atoms with Crippen molar-refractivity contribution in [3.8, 4) is 0 Å². The SMILES string of the molecule is CC1(C)C2CCC1(CS(=O)(=O)OCF)C(=O)C2. The maximum Gasteiger partial charge on any atom is 0.270 e. The van der Waals surface area contributed by atoms with Gasteiger partial charge in [0.15, 0.2) is 0 Å². The molecule has 4 nitrogen and oxygen atoms in total. The summed E-state index contributed by atoms with van der Waals surface area (Å²) in [4.78, 5) is 12.0. The minimum Gasteiger partial charge on any atom is -0.299 e. The smallest absolute Gasteiger partial charge is 0.270 e. The van der Waals surface area contributed by atoms with E-state index in [2.05, 4.69) is 4.18 Å². The van der Waals surface area contributed by atoms with E-state index < -0.39 is 22.4 Å². The number of rotatable bonds is 4. The zero-order valence-electron chi connectivity index (χ0n) is 10.0. The Morgan fingerprint density at radius 2 is 2.12 bits per heavy atom. The van der Waals surface area contributed by atoms with E-state index in [9.17, 15) is 17.6 Å². The fourth-order valence-corrected chi connectivity index (χ4v) is 5.02. The summed E-state index contributed by atoms with van der Waals surface area (Å²) in [6.45, 7) is 2.50. The van der Waals surface area contributed by atoms with Crippen LogP contribution in [0.3, 0.4) is 0 Å². The Morgan fingerprint density at radius 1 is 1.47 bits per heavy atom. The maximum atomic E-state index is 12.0. The van der Waals surface area contributed by atoms with Crippen LogP contribution >= 0.6 is 0 Å². The second-order valence-corrected chi connectivity index (χ2v) is 7.24. The van der Waals surface area contributed by atoms with Crippen molar-refractivity contribution in [1.29, 1.82) is 0 Å². The predicted molar refractivity (Wildman–Crippen MR) is 59.4 cm³/mol. The van der Waals surface area contributed by atoms with Crippen molar-refractivity contribution in [3.05, 3.63) is 0 Å². The average molecular weight is 264 g/mol. The van der Waals surface area contributed by atoms with Gasteiger partial charge in [-0.25, -0.2) is 8.57 Å². The lowest BCUT2D eigenvalue weighted by Crippen LogP contribution is -2.42. The molecule has 0 spiro atoms. The molecule has 2 fully saturated rings. The third kappa shape index (κ3) is 1.73. The lowest BCUT2D eigenvalue weighted by atomic mass is 9.70. The van der Waals surface area contributed by atoms with Gasteiger partial charge < -0.3 is 0 Å². The predicted octanol–water partition coefficient (Wildman–Crippen LogP) is 1.66. The Labute approximate surface area is 101 Å². The molecule has 2 aliphatic rings. The van der Waals surface area contributed by atoms with Crippen LogP contribution in [0.5, 0.6) is 0 Å². The zero-order valence-corrected chi connectivity index (χ0v) is 10.8. The first-order valence-corrected chi connectivity index (χ1v) is 7.29. The van der Waals surface area contributed by atoms with Gasteiger partial charge in [0.2, 0.25) is 6.86 Å². The first-order chi connectivity index (χ1) is 7.75. The first-order valence-electron chi connectivity index (χ1n) is 5.71. The van der Waals surface area contributed by atoms with E-state index in [4.69, 9.17) is 0 Å². The van der Waals surface area contributed by atoms with Crippen molar-refractivity contribution >= 4 is 15.9 Å². The van der Waals surface area contributed by atoms with Crippen LogP contribution in [0.4, 0.5) is 4.39 Å². The molecule has 0 aliphatic heterocycles. The van der Waals surface area contributed by atoms with Crippen molar-refractivity contribution in [1.82, 2.24) is 0 Å². The van der Waals surface area contributed by atoms with Crippen LogP contribution < -0.4 is 0 Å². The number of alkyl halides is 1. The van der Waals surface area contributed by atoms with Crippen LogP contribution in [0.1, 0.15) is 33.1 Å². The molecule has 98 valence electrons. The second-order valence-electron chi connectivity index (χ2n) is 5.60. The van der Waals surface area contributed by atoms with E-state index in [1.807, 2.05) is 13.8 Å². The highest BCUT2D eigenvalue weighted by Crippen LogP contribution is 2.64. The van der Waals surface area contributed by atoms with Gasteiger partial charge in [-0.3, -0.25) is 4.79 Å². The number of hydrogen-bond donors (Lipinski definition) is 0. The molecular weight excluding hydrogens is 247 g/mol. The quantitative estimate of drug-likeness (QED) is 0.724. The molecule has 2 atom stereocenters. The van der Waals surface area contributed by atoms with Crippen LogP contribution in [0, 0.1) is 16.7 Å². The fraction of sp³-hybridized carbons (Fsp3) is 0.909. The van der Waals surface area contributed by atoms with Crippen molar-refractivity contribution in [2.75, 3.05) is 12.6 Å². The first kappa shape index (κ1) is 13.0. The van der Waals surface area contributed by atoms with Gasteiger partial charge in [0.25, 0.3) is 10.1 Å². The molecule has 2 aliphatic carbocycles. The van der Waals surface area contributed by atoms with Crippen molar-refractivity contribution in [2.45, 2.75) is 33.1 Å². The van der Waals surface area contributed by atoms with E-state index >= 15 is 0 Å². The van der Waals surface area contributed by atoms with E-state index in [0.29, 0.717) is 12.8 Å². The van der Waals surface area contributed by atoms with Gasteiger partial charge in [0, 0.05) is 6.42 Å². The summed E-state index contributed by atoms with van der Waals surface area (Å²) in [5, 5.41) is 0. The van der Waals surface area contributed by atoms with Crippen molar-refractivity contribution < 1.29 is 21.8 Å². The summed E-state index contributed by atoms with van der Waals surface area (Å²) in [6, 6.07) is 0. The zero-order chi connectivity index (χ0) is 12.9. The number of Topliss-reactive ketones (excluding diaryl/α,β-unsaturated/α-hetero) is 1. The number of carbonyl (C=O) groups excluding carboxylic acids is 1. The molecule has 2 bridgehead atoms. The highest BCUT2D eigenvalue weighted by Gasteiger charge is 2.65. The molecule has 0 aromatic rings. The van der Waals surface area contributed by atoms with Crippen LogP contribution in [0.2, 0.25) is 0 Å². The van der Waals surface area contributed by atoms with Crippen molar-refractivity contribution in [2.24, 2.45) is 16.7 Å². The normalized spacial score (nSPS) is 35.5. The lowest BCUT2D eigenvalue weighted by molar-refractivity contribution is -0.128. The molecule has 0 radical (unpaired) electrons. The van der Waals surface area contributed by atoms with Gasteiger partial charge in [-0.05, 0) is 24.2 Å². The van der Waals surface area contributed by atoms with Crippen LogP contribution in [-0.2, 0) is 19.1 Å². The molecule has 0 heterocycles. The summed E-state index contributed by atoms with van der Waals surface area (Å²) in [5.41, 5.74) is -1.21. The summed E-state index contributed by atoms with van der Waals surface area (Å²) < 4.78 is 39.3. The van der Waals surface area contributed by atoms with Gasteiger partial charge in [0.05, 0.1) is 11.2 Å². The number of fused-ring (bicyclic) bond motifs is 2. The Morgan fingerprint density at radius 3 is 2.53 bits per heavy atom. The lowest BCUT2D eigenvalue weighted by Gasteiger charge is -2.35. The third-order valence-electron chi connectivity index (χ3n) is 4.79. The van der Waals surface area contributed by atoms with E-state index in [1.165, 1.54) is 0 Å². The van der Waals surface area contributed by atoms with E-state index in [0.717, 1.165) is 6.42 Å². The average Bonchev–Trinajstić information content (AvgIpc) is 2.50. The minimum atomic E-state index is -3.96. The standard InChI is InChI=1S/C11H17FO4S/c1-10(2)8-3-4-11(10,9(13)5-8)6-17(14,15)16-7-12/h8H,3-7H2,1-2H3. The Hall–Kier alpha value is -0.490. The molecule has 0 aromatic heterocycles. The van der Waals surface area contributed by atoms with Gasteiger partial charge in [-0.2, -0.15) is 8.42 Å². The topological polar surface area (TPSA) is 60.4 Å². The summed E-state index contributed by atoms with van der Waals surface area (Å²) >= 11 is 0. The Balaban J connectivity index is 2.33. The summed E-state index contributed by atoms with van der Waals surface area (Å²) in [5.74, 6) is -0.146. The summed E-state index contributed by atoms with van der Waals surface area (Å²) in [7, 11) is -3.96. The van der Waals surface area contributed by atoms with Crippen LogP contribution in [-0.4, -0.2) is 26.8 Å². The molecule has 0 saturated heterocycles. The van der Waals surface area contributed by atoms with E-state index in [-0.39, 0.29) is 22.9 Å². The minimum absolute atomic E-state index is 0.00946. The largest absolute Gasteiger partial charge is 0.299 e. The number of ketones is 1. The van der Waals surface area contributed by atoms with Gasteiger partial charge >= 0.3 is 0 Å². The molecule has 2 unspecified atom stereocenters. The van der Waals surface area contributed by atoms with Crippen molar-refractivity contribution in [3.63, 3.8) is 0 Å². The molecular formula is C11H17FO4S. The number of carbonyl (C=O) groups is 1. The Kier molecular flexibility index (Phi) is 2.86. The number of hydrogen-bond acceptors (Lipinski definition) is 4. The molecule has 6 heteroatoms. The monoisotopic (exact) mass is 264 g/mol. The Bertz CT molecular complexity index is 442. The van der Waals surface area contributed by atoms with Gasteiger partial charge in [-0.1, -0.05) is 13.8 Å². The molecule has 0 N–H and O–H groups in total. The summed E-state index contributed by atoms with van der Waals surface area (Å²) in [6.07, 6.45) is 1.88. The van der Waals surface area contributed by atoms with Crippen LogP contribution in [0.25, 0.3) is 0 Å². The van der Waals surface area contributed by atoms with Gasteiger partial charge in [-0.15, -0.1) is 0 Å². The highest BCUT2D eigenvalue weighted by atomic mass is 32.2. The van der Waals surface area contributed by atoms with E-state index in [1.54, 1.807) is 0 Å². The molecule has 2 saturated carbocycles. The number of halogens is 1. The maximum absolute atomic E-state index is 12.0. The molecule has 0 amide bonds.